The van der Waals surface area contributed by atoms with Crippen molar-refractivity contribution in [3.63, 3.8) is 0 Å². The lowest BCUT2D eigenvalue weighted by molar-refractivity contribution is -0.117. The highest BCUT2D eigenvalue weighted by molar-refractivity contribution is 5.91. The minimum Gasteiger partial charge on any atom is -0.384 e. The van der Waals surface area contributed by atoms with Crippen LogP contribution >= 0.6 is 0 Å². The van der Waals surface area contributed by atoms with Gasteiger partial charge in [0.15, 0.2) is 0 Å². The summed E-state index contributed by atoms with van der Waals surface area (Å²) >= 11 is 0. The third-order valence-electron chi connectivity index (χ3n) is 7.65. The minimum absolute atomic E-state index is 0.0128. The van der Waals surface area contributed by atoms with Gasteiger partial charge >= 0.3 is 0 Å². The van der Waals surface area contributed by atoms with Crippen LogP contribution in [0.25, 0.3) is 0 Å². The van der Waals surface area contributed by atoms with Crippen molar-refractivity contribution in [1.29, 1.82) is 0 Å². The molecule has 30 heavy (non-hydrogen) atoms. The van der Waals surface area contributed by atoms with Gasteiger partial charge in [0.1, 0.15) is 0 Å². The molecule has 1 aliphatic heterocycles. The zero-order chi connectivity index (χ0) is 20.5. The molecule has 2 aromatic rings. The lowest BCUT2D eigenvalue weighted by Gasteiger charge is -2.49. The molecule has 2 aliphatic carbocycles. The van der Waals surface area contributed by atoms with Crippen molar-refractivity contribution in [2.75, 3.05) is 24.4 Å². The van der Waals surface area contributed by atoms with E-state index in [-0.39, 0.29) is 5.91 Å². The standard InChI is InChI=1S/C26H32N2O2/c1-30-15-14-24(29)27-19-11-13-23-22(16-19)21-12-10-17-8-5-9-20(17)25(21)26(28-23)18-6-3-2-4-7-18/h2-4,6-7,11,13,16-17,20-21,25-26,28H,5,8-10,12,14-15H2,1H3,(H,27,29). The Morgan fingerprint density at radius 1 is 1.10 bits per heavy atom. The third kappa shape index (κ3) is 3.62. The Morgan fingerprint density at radius 3 is 2.80 bits per heavy atom. The van der Waals surface area contributed by atoms with E-state index in [1.165, 1.54) is 48.9 Å². The summed E-state index contributed by atoms with van der Waals surface area (Å²) in [5, 5.41) is 6.97. The third-order valence-corrected chi connectivity index (χ3v) is 7.65. The highest BCUT2D eigenvalue weighted by atomic mass is 16.5. The van der Waals surface area contributed by atoms with Gasteiger partial charge in [0.2, 0.25) is 5.91 Å². The van der Waals surface area contributed by atoms with Crippen LogP contribution in [-0.4, -0.2) is 19.6 Å². The number of benzene rings is 2. The second-order valence-electron chi connectivity index (χ2n) is 9.24. The maximum Gasteiger partial charge on any atom is 0.226 e. The maximum absolute atomic E-state index is 12.2. The van der Waals surface area contributed by atoms with Crippen LogP contribution in [0.2, 0.25) is 0 Å². The Balaban J connectivity index is 1.48. The number of fused-ring (bicyclic) bond motifs is 5. The van der Waals surface area contributed by atoms with Gasteiger partial charge in [-0.25, -0.2) is 0 Å². The molecule has 1 heterocycles. The van der Waals surface area contributed by atoms with Crippen LogP contribution in [0.5, 0.6) is 0 Å². The summed E-state index contributed by atoms with van der Waals surface area (Å²) < 4.78 is 5.03. The molecule has 2 N–H and O–H groups in total. The number of hydrogen-bond donors (Lipinski definition) is 2. The molecule has 1 amide bonds. The molecule has 5 rings (SSSR count). The summed E-state index contributed by atoms with van der Waals surface area (Å²) in [6, 6.07) is 17.8. The number of carbonyl (C=O) groups excluding carboxylic acids is 1. The smallest absolute Gasteiger partial charge is 0.226 e. The molecule has 2 fully saturated rings. The van der Waals surface area contributed by atoms with Crippen molar-refractivity contribution in [2.24, 2.45) is 17.8 Å². The minimum atomic E-state index is 0.0128. The lowest BCUT2D eigenvalue weighted by Crippen LogP contribution is -2.41. The van der Waals surface area contributed by atoms with Gasteiger partial charge in [-0.2, -0.15) is 0 Å². The molecule has 4 heteroatoms. The first-order chi connectivity index (χ1) is 14.7. The average Bonchev–Trinajstić information content (AvgIpc) is 3.27. The van der Waals surface area contributed by atoms with Crippen molar-refractivity contribution in [2.45, 2.75) is 50.5 Å². The number of rotatable bonds is 5. The van der Waals surface area contributed by atoms with Gasteiger partial charge in [0.25, 0.3) is 0 Å². The van der Waals surface area contributed by atoms with Gasteiger partial charge in [-0.1, -0.05) is 43.2 Å². The summed E-state index contributed by atoms with van der Waals surface area (Å²) in [5.41, 5.74) is 4.93. The molecule has 5 atom stereocenters. The van der Waals surface area contributed by atoms with Crippen molar-refractivity contribution in [3.05, 3.63) is 59.7 Å². The molecule has 0 radical (unpaired) electrons. The van der Waals surface area contributed by atoms with E-state index < -0.39 is 0 Å². The molecule has 0 aromatic heterocycles. The SMILES string of the molecule is COCCC(=O)Nc1ccc2c(c1)C1CCC3CCCC3C1C(c1ccccc1)N2. The van der Waals surface area contributed by atoms with Crippen LogP contribution in [0.4, 0.5) is 11.4 Å². The van der Waals surface area contributed by atoms with Crippen molar-refractivity contribution >= 4 is 17.3 Å². The van der Waals surface area contributed by atoms with Gasteiger partial charge in [-0.15, -0.1) is 0 Å². The first-order valence-corrected chi connectivity index (χ1v) is 11.5. The Hall–Kier alpha value is -2.33. The van der Waals surface area contributed by atoms with Gasteiger partial charge < -0.3 is 15.4 Å². The molecule has 5 unspecified atom stereocenters. The number of nitrogens with one attached hydrogen (secondary N) is 2. The molecule has 0 spiro atoms. The molecule has 3 aliphatic rings. The fourth-order valence-electron chi connectivity index (χ4n) is 6.38. The Labute approximate surface area is 179 Å². The number of amides is 1. The molecule has 2 aromatic carbocycles. The zero-order valence-corrected chi connectivity index (χ0v) is 17.8. The zero-order valence-electron chi connectivity index (χ0n) is 17.8. The lowest BCUT2D eigenvalue weighted by atomic mass is 9.60. The number of hydrogen-bond acceptors (Lipinski definition) is 3. The Morgan fingerprint density at radius 2 is 1.97 bits per heavy atom. The first kappa shape index (κ1) is 19.6. The van der Waals surface area contributed by atoms with Gasteiger partial charge in [0.05, 0.1) is 19.1 Å². The van der Waals surface area contributed by atoms with E-state index in [1.807, 2.05) is 6.07 Å². The van der Waals surface area contributed by atoms with Crippen LogP contribution in [-0.2, 0) is 9.53 Å². The predicted octanol–water partition coefficient (Wildman–Crippen LogP) is 5.74. The Bertz CT molecular complexity index is 897. The number of ether oxygens (including phenoxy) is 1. The summed E-state index contributed by atoms with van der Waals surface area (Å²) in [5.74, 6) is 2.88. The van der Waals surface area contributed by atoms with E-state index in [1.54, 1.807) is 7.11 Å². The maximum atomic E-state index is 12.2. The normalized spacial score (nSPS) is 29.3. The van der Waals surface area contributed by atoms with E-state index in [2.05, 4.69) is 53.1 Å². The Kier molecular flexibility index (Phi) is 5.51. The highest BCUT2D eigenvalue weighted by Gasteiger charge is 2.48. The molecule has 4 nitrogen and oxygen atoms in total. The van der Waals surface area contributed by atoms with Gasteiger partial charge in [-0.3, -0.25) is 4.79 Å². The monoisotopic (exact) mass is 404 g/mol. The predicted molar refractivity (Wildman–Crippen MR) is 121 cm³/mol. The van der Waals surface area contributed by atoms with E-state index in [4.69, 9.17) is 4.74 Å². The molecule has 0 bridgehead atoms. The number of carbonyl (C=O) groups is 1. The molecule has 2 saturated carbocycles. The largest absolute Gasteiger partial charge is 0.384 e. The molecule has 0 saturated heterocycles. The fraction of sp³-hybridized carbons (Fsp3) is 0.500. The van der Waals surface area contributed by atoms with Crippen LogP contribution in [0.1, 0.15) is 61.6 Å². The second-order valence-corrected chi connectivity index (χ2v) is 9.24. The fourth-order valence-corrected chi connectivity index (χ4v) is 6.38. The average molecular weight is 405 g/mol. The highest BCUT2D eigenvalue weighted by Crippen LogP contribution is 2.59. The van der Waals surface area contributed by atoms with Crippen molar-refractivity contribution in [3.8, 4) is 0 Å². The van der Waals surface area contributed by atoms with Crippen LogP contribution < -0.4 is 10.6 Å². The summed E-state index contributed by atoms with van der Waals surface area (Å²) in [7, 11) is 1.63. The second kappa shape index (κ2) is 8.43. The first-order valence-electron chi connectivity index (χ1n) is 11.5. The molecule has 158 valence electrons. The topological polar surface area (TPSA) is 50.4 Å². The summed E-state index contributed by atoms with van der Waals surface area (Å²) in [6.07, 6.45) is 7.12. The van der Waals surface area contributed by atoms with E-state index in [0.717, 1.165) is 17.5 Å². The summed E-state index contributed by atoms with van der Waals surface area (Å²) in [6.45, 7) is 0.449. The number of methoxy groups -OCH3 is 1. The van der Waals surface area contributed by atoms with E-state index in [0.29, 0.717) is 30.9 Å². The number of anilines is 2. The quantitative estimate of drug-likeness (QED) is 0.668. The molecular weight excluding hydrogens is 372 g/mol. The summed E-state index contributed by atoms with van der Waals surface area (Å²) in [4.78, 5) is 12.2. The van der Waals surface area contributed by atoms with Crippen molar-refractivity contribution in [1.82, 2.24) is 0 Å². The van der Waals surface area contributed by atoms with Crippen LogP contribution in [0, 0.1) is 17.8 Å². The van der Waals surface area contributed by atoms with Crippen LogP contribution in [0.15, 0.2) is 48.5 Å². The van der Waals surface area contributed by atoms with Gasteiger partial charge in [-0.05, 0) is 72.3 Å². The van der Waals surface area contributed by atoms with Gasteiger partial charge in [0, 0.05) is 18.5 Å². The molecular formula is C26H32N2O2. The van der Waals surface area contributed by atoms with Crippen LogP contribution in [0.3, 0.4) is 0 Å². The van der Waals surface area contributed by atoms with E-state index in [9.17, 15) is 4.79 Å². The van der Waals surface area contributed by atoms with E-state index >= 15 is 0 Å². The van der Waals surface area contributed by atoms with Crippen molar-refractivity contribution < 1.29 is 9.53 Å².